The Labute approximate surface area is 200 Å². The first kappa shape index (κ1) is 23.3. The zero-order valence-electron chi connectivity index (χ0n) is 18.4. The SMILES string of the molecule is CCOC(=O)CCc1csc(NC(=O)N2CC3(CCN(C(=O)OC)C3)c3cc(Cl)ccc32)n1. The number of rotatable bonds is 5. The highest BCUT2D eigenvalue weighted by molar-refractivity contribution is 7.13. The number of amides is 3. The molecule has 2 aliphatic heterocycles. The number of fused-ring (bicyclic) bond motifs is 2. The molecule has 1 unspecified atom stereocenters. The van der Waals surface area contributed by atoms with Crippen molar-refractivity contribution in [2.75, 3.05) is 43.6 Å². The highest BCUT2D eigenvalue weighted by atomic mass is 35.5. The quantitative estimate of drug-likeness (QED) is 0.632. The number of urea groups is 1. The van der Waals surface area contributed by atoms with Gasteiger partial charge >= 0.3 is 18.1 Å². The predicted molar refractivity (Wildman–Crippen MR) is 125 cm³/mol. The molecule has 0 bridgehead atoms. The molecule has 1 spiro atoms. The molecule has 3 heterocycles. The summed E-state index contributed by atoms with van der Waals surface area (Å²) >= 11 is 7.58. The minimum Gasteiger partial charge on any atom is -0.466 e. The summed E-state index contributed by atoms with van der Waals surface area (Å²) in [6.07, 6.45) is 1.01. The van der Waals surface area contributed by atoms with Crippen molar-refractivity contribution in [3.63, 3.8) is 0 Å². The molecular formula is C22H25ClN4O5S. The smallest absolute Gasteiger partial charge is 0.409 e. The largest absolute Gasteiger partial charge is 0.466 e. The van der Waals surface area contributed by atoms with Crippen molar-refractivity contribution in [3.8, 4) is 0 Å². The first-order chi connectivity index (χ1) is 15.8. The number of aromatic nitrogens is 1. The van der Waals surface area contributed by atoms with E-state index in [1.165, 1.54) is 18.4 Å². The molecule has 11 heteroatoms. The average molecular weight is 493 g/mol. The summed E-state index contributed by atoms with van der Waals surface area (Å²) in [7, 11) is 1.36. The lowest BCUT2D eigenvalue weighted by atomic mass is 9.81. The van der Waals surface area contributed by atoms with Crippen LogP contribution in [0.25, 0.3) is 0 Å². The number of carbonyl (C=O) groups is 3. The van der Waals surface area contributed by atoms with Gasteiger partial charge in [0.25, 0.3) is 0 Å². The van der Waals surface area contributed by atoms with E-state index in [2.05, 4.69) is 10.3 Å². The Kier molecular flexibility index (Phi) is 6.76. The summed E-state index contributed by atoms with van der Waals surface area (Å²) in [6.45, 7) is 3.53. The van der Waals surface area contributed by atoms with Crippen LogP contribution in [-0.2, 0) is 26.1 Å². The standard InChI is InChI=1S/C22H25ClN4O5S/c1-3-32-18(28)7-5-15-11-33-19(24-15)25-20(29)27-13-22(8-9-26(12-22)21(30)31-2)16-10-14(23)4-6-17(16)27/h4,6,10-11H,3,5,7-9,12-13H2,1-2H3,(H,24,25,29). The van der Waals surface area contributed by atoms with Gasteiger partial charge in [0.05, 0.1) is 25.8 Å². The van der Waals surface area contributed by atoms with Crippen LogP contribution in [0.5, 0.6) is 0 Å². The number of anilines is 2. The molecule has 4 rings (SSSR count). The van der Waals surface area contributed by atoms with Gasteiger partial charge in [-0.15, -0.1) is 11.3 Å². The fourth-order valence-corrected chi connectivity index (χ4v) is 5.34. The van der Waals surface area contributed by atoms with Crippen LogP contribution in [0.4, 0.5) is 20.4 Å². The fraction of sp³-hybridized carbons (Fsp3) is 0.455. The number of nitrogens with zero attached hydrogens (tertiary/aromatic N) is 3. The number of carbonyl (C=O) groups excluding carboxylic acids is 3. The maximum Gasteiger partial charge on any atom is 0.409 e. The van der Waals surface area contributed by atoms with Crippen molar-refractivity contribution >= 4 is 51.9 Å². The van der Waals surface area contributed by atoms with Crippen LogP contribution in [0, 0.1) is 0 Å². The molecule has 1 saturated heterocycles. The molecule has 3 amide bonds. The molecule has 176 valence electrons. The summed E-state index contributed by atoms with van der Waals surface area (Å²) in [4.78, 5) is 44.6. The van der Waals surface area contributed by atoms with E-state index in [1.54, 1.807) is 22.8 Å². The summed E-state index contributed by atoms with van der Waals surface area (Å²) in [5.74, 6) is -0.272. The second-order valence-corrected chi connectivity index (χ2v) is 9.34. The number of aryl methyl sites for hydroxylation is 1. The Hall–Kier alpha value is -2.85. The van der Waals surface area contributed by atoms with Gasteiger partial charge < -0.3 is 14.4 Å². The maximum atomic E-state index is 13.2. The van der Waals surface area contributed by atoms with Gasteiger partial charge in [-0.25, -0.2) is 14.6 Å². The molecular weight excluding hydrogens is 468 g/mol. The highest BCUT2D eigenvalue weighted by Crippen LogP contribution is 2.47. The number of thiazole rings is 1. The molecule has 0 radical (unpaired) electrons. The van der Waals surface area contributed by atoms with Crippen molar-refractivity contribution < 1.29 is 23.9 Å². The molecule has 1 atom stereocenters. The number of hydrogen-bond acceptors (Lipinski definition) is 7. The molecule has 33 heavy (non-hydrogen) atoms. The third kappa shape index (κ3) is 4.77. The third-order valence-electron chi connectivity index (χ3n) is 5.97. The lowest BCUT2D eigenvalue weighted by Crippen LogP contribution is -2.41. The third-order valence-corrected chi connectivity index (χ3v) is 7.01. The van der Waals surface area contributed by atoms with Crippen molar-refractivity contribution in [2.24, 2.45) is 0 Å². The van der Waals surface area contributed by atoms with Crippen molar-refractivity contribution in [1.29, 1.82) is 0 Å². The van der Waals surface area contributed by atoms with Crippen LogP contribution in [0.2, 0.25) is 5.02 Å². The van der Waals surface area contributed by atoms with Crippen LogP contribution >= 0.6 is 22.9 Å². The van der Waals surface area contributed by atoms with Gasteiger partial charge in [0.15, 0.2) is 5.13 Å². The molecule has 0 aliphatic carbocycles. The summed E-state index contributed by atoms with van der Waals surface area (Å²) in [5, 5.41) is 5.72. The number of hydrogen-bond donors (Lipinski definition) is 1. The average Bonchev–Trinajstić information content (AvgIpc) is 3.51. The molecule has 1 aromatic carbocycles. The van der Waals surface area contributed by atoms with Crippen molar-refractivity contribution in [3.05, 3.63) is 39.9 Å². The molecule has 1 aromatic heterocycles. The minimum absolute atomic E-state index is 0.241. The first-order valence-corrected chi connectivity index (χ1v) is 11.9. The normalized spacial score (nSPS) is 19.0. The Morgan fingerprint density at radius 2 is 2.12 bits per heavy atom. The lowest BCUT2D eigenvalue weighted by Gasteiger charge is -2.25. The number of nitrogens with one attached hydrogen (secondary N) is 1. The number of likely N-dealkylation sites (tertiary alicyclic amines) is 1. The highest BCUT2D eigenvalue weighted by Gasteiger charge is 2.50. The molecule has 2 aliphatic rings. The van der Waals surface area contributed by atoms with Gasteiger partial charge in [0.1, 0.15) is 0 Å². The molecule has 2 aromatic rings. The maximum absolute atomic E-state index is 13.2. The van der Waals surface area contributed by atoms with E-state index in [-0.39, 0.29) is 24.5 Å². The van der Waals surface area contributed by atoms with E-state index in [0.29, 0.717) is 49.2 Å². The zero-order valence-corrected chi connectivity index (χ0v) is 20.0. The Bertz CT molecular complexity index is 1080. The Balaban J connectivity index is 1.48. The predicted octanol–water partition coefficient (Wildman–Crippen LogP) is 4.05. The van der Waals surface area contributed by atoms with Crippen LogP contribution in [-0.4, -0.2) is 61.3 Å². The molecule has 1 fully saturated rings. The summed E-state index contributed by atoms with van der Waals surface area (Å²) < 4.78 is 9.82. The van der Waals surface area contributed by atoms with E-state index in [4.69, 9.17) is 21.1 Å². The lowest BCUT2D eigenvalue weighted by molar-refractivity contribution is -0.143. The van der Waals surface area contributed by atoms with Crippen LogP contribution in [0.15, 0.2) is 23.6 Å². The zero-order chi connectivity index (χ0) is 23.6. The summed E-state index contributed by atoms with van der Waals surface area (Å²) in [5.41, 5.74) is 2.03. The first-order valence-electron chi connectivity index (χ1n) is 10.7. The number of esters is 1. The van der Waals surface area contributed by atoms with Crippen LogP contribution in [0.1, 0.15) is 31.0 Å². The van der Waals surface area contributed by atoms with E-state index in [0.717, 1.165) is 16.9 Å². The molecule has 0 saturated carbocycles. The van der Waals surface area contributed by atoms with E-state index >= 15 is 0 Å². The topological polar surface area (TPSA) is 101 Å². The van der Waals surface area contributed by atoms with Crippen LogP contribution in [0.3, 0.4) is 0 Å². The van der Waals surface area contributed by atoms with E-state index < -0.39 is 5.41 Å². The van der Waals surface area contributed by atoms with Gasteiger partial charge in [0.2, 0.25) is 0 Å². The van der Waals surface area contributed by atoms with Crippen LogP contribution < -0.4 is 10.2 Å². The second-order valence-electron chi connectivity index (χ2n) is 8.05. The minimum atomic E-state index is -0.403. The number of methoxy groups -OCH3 is 1. The van der Waals surface area contributed by atoms with Gasteiger partial charge in [-0.05, 0) is 37.1 Å². The van der Waals surface area contributed by atoms with Gasteiger partial charge in [0, 0.05) is 47.6 Å². The second kappa shape index (κ2) is 9.56. The number of benzene rings is 1. The monoisotopic (exact) mass is 492 g/mol. The van der Waals surface area contributed by atoms with Gasteiger partial charge in [-0.2, -0.15) is 0 Å². The van der Waals surface area contributed by atoms with Crippen molar-refractivity contribution in [1.82, 2.24) is 9.88 Å². The Morgan fingerprint density at radius 1 is 1.30 bits per heavy atom. The van der Waals surface area contributed by atoms with Gasteiger partial charge in [-0.3, -0.25) is 15.0 Å². The Morgan fingerprint density at radius 3 is 2.88 bits per heavy atom. The van der Waals surface area contributed by atoms with E-state index in [9.17, 15) is 14.4 Å². The summed E-state index contributed by atoms with van der Waals surface area (Å²) in [6, 6.07) is 5.16. The molecule has 1 N–H and O–H groups in total. The van der Waals surface area contributed by atoms with E-state index in [1.807, 2.05) is 17.5 Å². The molecule has 9 nitrogen and oxygen atoms in total. The fourth-order valence-electron chi connectivity index (χ4n) is 4.43. The van der Waals surface area contributed by atoms with Crippen molar-refractivity contribution in [2.45, 2.75) is 31.6 Å². The number of ether oxygens (including phenoxy) is 2. The number of halogens is 1. The van der Waals surface area contributed by atoms with Gasteiger partial charge in [-0.1, -0.05) is 11.6 Å².